The van der Waals surface area contributed by atoms with Crippen LogP contribution in [0.1, 0.15) is 38.2 Å². The molecule has 0 aliphatic carbocycles. The molecule has 0 bridgehead atoms. The first-order chi connectivity index (χ1) is 11.7. The Balaban J connectivity index is 2.35. The molecule has 0 saturated heterocycles. The van der Waals surface area contributed by atoms with Gasteiger partial charge in [-0.25, -0.2) is 4.99 Å². The molecule has 0 fully saturated rings. The highest BCUT2D eigenvalue weighted by molar-refractivity contribution is 5.79. The molecule has 6 nitrogen and oxygen atoms in total. The maximum absolute atomic E-state index is 11.0. The maximum atomic E-state index is 11.0. The quantitative estimate of drug-likeness (QED) is 0.297. The molecular formula is C18H29N3O3. The van der Waals surface area contributed by atoms with Crippen molar-refractivity contribution in [3.8, 4) is 5.75 Å². The Morgan fingerprint density at radius 1 is 1.17 bits per heavy atom. The number of hydrogen-bond donors (Lipinski definition) is 2. The lowest BCUT2D eigenvalue weighted by molar-refractivity contribution is -0.140. The van der Waals surface area contributed by atoms with Crippen LogP contribution in [-0.2, 0) is 16.1 Å². The van der Waals surface area contributed by atoms with Gasteiger partial charge in [-0.3, -0.25) is 4.79 Å². The van der Waals surface area contributed by atoms with Crippen LogP contribution < -0.4 is 15.4 Å². The third-order valence-corrected chi connectivity index (χ3v) is 3.48. The van der Waals surface area contributed by atoms with Crippen molar-refractivity contribution in [3.63, 3.8) is 0 Å². The van der Waals surface area contributed by atoms with E-state index in [-0.39, 0.29) is 5.97 Å². The second-order valence-electron chi connectivity index (χ2n) is 5.36. The number of benzene rings is 1. The van der Waals surface area contributed by atoms with E-state index in [0.29, 0.717) is 13.0 Å². The molecule has 2 N–H and O–H groups in total. The van der Waals surface area contributed by atoms with Gasteiger partial charge < -0.3 is 20.1 Å². The Hall–Kier alpha value is -2.24. The summed E-state index contributed by atoms with van der Waals surface area (Å²) < 4.78 is 9.85. The van der Waals surface area contributed by atoms with E-state index >= 15 is 0 Å². The van der Waals surface area contributed by atoms with Gasteiger partial charge >= 0.3 is 5.97 Å². The van der Waals surface area contributed by atoms with E-state index in [0.717, 1.165) is 49.6 Å². The second kappa shape index (κ2) is 12.2. The molecule has 0 radical (unpaired) electrons. The molecule has 24 heavy (non-hydrogen) atoms. The highest BCUT2D eigenvalue weighted by Gasteiger charge is 2.01. The standard InChI is InChI=1S/C18H29N3O3/c1-4-19-18(20-12-7-5-6-11-17(22)24-3)21-14-15-9-8-10-16(13-15)23-2/h8-10,13H,4-7,11-12,14H2,1-3H3,(H2,19,20,21). The SMILES string of the molecule is CCNC(=NCc1cccc(OC)c1)NCCCCCC(=O)OC. The molecule has 1 rings (SSSR count). The summed E-state index contributed by atoms with van der Waals surface area (Å²) in [7, 11) is 3.08. The number of nitrogens with one attached hydrogen (secondary N) is 2. The van der Waals surface area contributed by atoms with Gasteiger partial charge in [-0.15, -0.1) is 0 Å². The Bertz CT molecular complexity index is 518. The largest absolute Gasteiger partial charge is 0.497 e. The van der Waals surface area contributed by atoms with Crippen LogP contribution in [0.25, 0.3) is 0 Å². The molecule has 1 aromatic rings. The summed E-state index contributed by atoms with van der Waals surface area (Å²) in [4.78, 5) is 15.6. The van der Waals surface area contributed by atoms with Crippen molar-refractivity contribution in [2.24, 2.45) is 4.99 Å². The fourth-order valence-electron chi connectivity index (χ4n) is 2.16. The van der Waals surface area contributed by atoms with Crippen LogP contribution in [0.3, 0.4) is 0 Å². The first-order valence-electron chi connectivity index (χ1n) is 8.41. The first-order valence-corrected chi connectivity index (χ1v) is 8.41. The second-order valence-corrected chi connectivity index (χ2v) is 5.36. The number of carbonyl (C=O) groups is 1. The van der Waals surface area contributed by atoms with Gasteiger partial charge in [0.2, 0.25) is 0 Å². The van der Waals surface area contributed by atoms with Crippen LogP contribution in [0, 0.1) is 0 Å². The van der Waals surface area contributed by atoms with Gasteiger partial charge in [0.15, 0.2) is 5.96 Å². The van der Waals surface area contributed by atoms with Crippen molar-refractivity contribution < 1.29 is 14.3 Å². The highest BCUT2D eigenvalue weighted by atomic mass is 16.5. The lowest BCUT2D eigenvalue weighted by atomic mass is 10.2. The zero-order valence-corrected chi connectivity index (χ0v) is 14.9. The van der Waals surface area contributed by atoms with Gasteiger partial charge in [0.05, 0.1) is 20.8 Å². The van der Waals surface area contributed by atoms with Crippen molar-refractivity contribution in [3.05, 3.63) is 29.8 Å². The topological polar surface area (TPSA) is 72.0 Å². The maximum Gasteiger partial charge on any atom is 0.305 e. The van der Waals surface area contributed by atoms with E-state index in [1.165, 1.54) is 7.11 Å². The first kappa shape index (κ1) is 19.8. The Morgan fingerprint density at radius 3 is 2.71 bits per heavy atom. The van der Waals surface area contributed by atoms with E-state index in [2.05, 4.69) is 20.4 Å². The van der Waals surface area contributed by atoms with E-state index in [1.54, 1.807) is 7.11 Å². The number of rotatable bonds is 10. The Kier molecular flexibility index (Phi) is 10.1. The molecule has 0 amide bonds. The summed E-state index contributed by atoms with van der Waals surface area (Å²) in [5, 5.41) is 6.55. The predicted octanol–water partition coefficient (Wildman–Crippen LogP) is 2.48. The summed E-state index contributed by atoms with van der Waals surface area (Å²) in [6.45, 7) is 4.27. The number of guanidine groups is 1. The molecule has 0 spiro atoms. The normalized spacial score (nSPS) is 11.0. The summed E-state index contributed by atoms with van der Waals surface area (Å²) >= 11 is 0. The zero-order valence-electron chi connectivity index (χ0n) is 14.9. The highest BCUT2D eigenvalue weighted by Crippen LogP contribution is 2.13. The molecule has 0 aromatic heterocycles. The molecule has 0 aliphatic heterocycles. The average Bonchev–Trinajstić information content (AvgIpc) is 2.62. The van der Waals surface area contributed by atoms with Gasteiger partial charge in [0, 0.05) is 19.5 Å². The average molecular weight is 335 g/mol. The van der Waals surface area contributed by atoms with E-state index in [9.17, 15) is 4.79 Å². The summed E-state index contributed by atoms with van der Waals surface area (Å²) in [5.41, 5.74) is 1.10. The van der Waals surface area contributed by atoms with Crippen LogP contribution in [0.4, 0.5) is 0 Å². The predicted molar refractivity (Wildman–Crippen MR) is 96.3 cm³/mol. The molecule has 1 aromatic carbocycles. The van der Waals surface area contributed by atoms with E-state index in [1.807, 2.05) is 31.2 Å². The lowest BCUT2D eigenvalue weighted by Crippen LogP contribution is -2.37. The van der Waals surface area contributed by atoms with Crippen LogP contribution in [0.5, 0.6) is 5.75 Å². The van der Waals surface area contributed by atoms with Gasteiger partial charge in [0.1, 0.15) is 5.75 Å². The molecule has 0 saturated carbocycles. The smallest absolute Gasteiger partial charge is 0.305 e. The number of aliphatic imine (C=N–C) groups is 1. The van der Waals surface area contributed by atoms with Crippen LogP contribution >= 0.6 is 0 Å². The molecule has 0 heterocycles. The van der Waals surface area contributed by atoms with Crippen molar-refractivity contribution in [2.75, 3.05) is 27.3 Å². The molecule has 0 aliphatic rings. The monoisotopic (exact) mass is 335 g/mol. The molecule has 6 heteroatoms. The number of ether oxygens (including phenoxy) is 2. The Labute approximate surface area is 144 Å². The minimum atomic E-state index is -0.142. The number of carbonyl (C=O) groups excluding carboxylic acids is 1. The molecular weight excluding hydrogens is 306 g/mol. The molecule has 0 atom stereocenters. The number of methoxy groups -OCH3 is 2. The summed E-state index contributed by atoms with van der Waals surface area (Å²) in [6.07, 6.45) is 3.31. The van der Waals surface area contributed by atoms with Gasteiger partial charge in [0.25, 0.3) is 0 Å². The number of hydrogen-bond acceptors (Lipinski definition) is 4. The number of unbranched alkanes of at least 4 members (excludes halogenated alkanes) is 2. The lowest BCUT2D eigenvalue weighted by Gasteiger charge is -2.11. The van der Waals surface area contributed by atoms with Crippen LogP contribution in [0.15, 0.2) is 29.3 Å². The van der Waals surface area contributed by atoms with Gasteiger partial charge in [-0.1, -0.05) is 18.6 Å². The summed E-state index contributed by atoms with van der Waals surface area (Å²) in [6, 6.07) is 7.90. The van der Waals surface area contributed by atoms with E-state index in [4.69, 9.17) is 4.74 Å². The Morgan fingerprint density at radius 2 is 2.00 bits per heavy atom. The molecule has 134 valence electrons. The minimum Gasteiger partial charge on any atom is -0.497 e. The molecule has 0 unspecified atom stereocenters. The van der Waals surface area contributed by atoms with Crippen molar-refractivity contribution in [1.82, 2.24) is 10.6 Å². The number of nitrogens with zero attached hydrogens (tertiary/aromatic N) is 1. The minimum absolute atomic E-state index is 0.142. The van der Waals surface area contributed by atoms with Crippen molar-refractivity contribution in [2.45, 2.75) is 39.2 Å². The van der Waals surface area contributed by atoms with Crippen molar-refractivity contribution >= 4 is 11.9 Å². The van der Waals surface area contributed by atoms with Crippen LogP contribution in [0.2, 0.25) is 0 Å². The van der Waals surface area contributed by atoms with Crippen LogP contribution in [-0.4, -0.2) is 39.2 Å². The van der Waals surface area contributed by atoms with Crippen molar-refractivity contribution in [1.29, 1.82) is 0 Å². The third kappa shape index (κ3) is 8.41. The fraction of sp³-hybridized carbons (Fsp3) is 0.556. The number of esters is 1. The van der Waals surface area contributed by atoms with E-state index < -0.39 is 0 Å². The summed E-state index contributed by atoms with van der Waals surface area (Å²) in [5.74, 6) is 1.50. The van der Waals surface area contributed by atoms with Gasteiger partial charge in [-0.05, 0) is 37.5 Å². The van der Waals surface area contributed by atoms with Gasteiger partial charge in [-0.2, -0.15) is 0 Å². The zero-order chi connectivity index (χ0) is 17.6. The fourth-order valence-corrected chi connectivity index (χ4v) is 2.16. The third-order valence-electron chi connectivity index (χ3n) is 3.48.